The third-order valence-electron chi connectivity index (χ3n) is 4.57. The molecular formula is C25H34O. The fraction of sp³-hybridized carbons (Fsp3) is 0.440. The van der Waals surface area contributed by atoms with Crippen LogP contribution in [0.1, 0.15) is 62.3 Å². The van der Waals surface area contributed by atoms with E-state index in [4.69, 9.17) is 4.74 Å². The van der Waals surface area contributed by atoms with Crippen molar-refractivity contribution >= 4 is 6.08 Å². The average molecular weight is 351 g/mol. The third-order valence-corrected chi connectivity index (χ3v) is 4.57. The molecule has 2 rings (SSSR count). The van der Waals surface area contributed by atoms with Crippen LogP contribution in [0, 0.1) is 12.8 Å². The first kappa shape index (κ1) is 20.3. The van der Waals surface area contributed by atoms with Crippen molar-refractivity contribution in [2.24, 2.45) is 5.92 Å². The van der Waals surface area contributed by atoms with E-state index in [2.05, 4.69) is 76.2 Å². The standard InChI is InChI=1S/C25H34O/c1-5-6-16-26-25-13-9-11-22(19-25)10-7-8-12-24-15-14-23(17-20(2)3)18-21(24)4/h7,9-11,13-15,18-20H,5-6,8,12,16-17H2,1-4H3. The molecule has 0 spiro atoms. The van der Waals surface area contributed by atoms with E-state index < -0.39 is 0 Å². The summed E-state index contributed by atoms with van der Waals surface area (Å²) in [5, 5.41) is 0. The van der Waals surface area contributed by atoms with Crippen molar-refractivity contribution in [3.05, 3.63) is 70.8 Å². The van der Waals surface area contributed by atoms with Crippen LogP contribution < -0.4 is 4.74 Å². The molecule has 0 aliphatic heterocycles. The fourth-order valence-electron chi connectivity index (χ4n) is 3.14. The maximum atomic E-state index is 5.78. The minimum atomic E-state index is 0.713. The number of aryl methyl sites for hydroxylation is 2. The first-order valence-electron chi connectivity index (χ1n) is 10.1. The quantitative estimate of drug-likeness (QED) is 0.418. The van der Waals surface area contributed by atoms with Crippen LogP contribution in [0.5, 0.6) is 5.75 Å². The number of hydrogen-bond donors (Lipinski definition) is 0. The van der Waals surface area contributed by atoms with Crippen molar-refractivity contribution in [1.29, 1.82) is 0 Å². The molecule has 1 nitrogen and oxygen atoms in total. The van der Waals surface area contributed by atoms with Gasteiger partial charge in [0.05, 0.1) is 6.61 Å². The Bertz CT molecular complexity index is 697. The zero-order valence-electron chi connectivity index (χ0n) is 16.9. The maximum absolute atomic E-state index is 5.78. The highest BCUT2D eigenvalue weighted by Crippen LogP contribution is 2.18. The highest BCUT2D eigenvalue weighted by Gasteiger charge is 2.02. The van der Waals surface area contributed by atoms with Gasteiger partial charge in [-0.1, -0.05) is 69.7 Å². The second kappa shape index (κ2) is 10.9. The Morgan fingerprint density at radius 1 is 1.08 bits per heavy atom. The number of ether oxygens (including phenoxy) is 1. The molecule has 1 heteroatoms. The normalized spacial score (nSPS) is 11.4. The molecule has 0 aliphatic rings. The van der Waals surface area contributed by atoms with E-state index >= 15 is 0 Å². The van der Waals surface area contributed by atoms with Gasteiger partial charge in [-0.3, -0.25) is 0 Å². The van der Waals surface area contributed by atoms with E-state index in [1.165, 1.54) is 22.3 Å². The molecule has 0 saturated carbocycles. The fourth-order valence-corrected chi connectivity index (χ4v) is 3.14. The van der Waals surface area contributed by atoms with E-state index in [0.29, 0.717) is 5.92 Å². The number of rotatable bonds is 10. The van der Waals surface area contributed by atoms with Crippen molar-refractivity contribution in [2.45, 2.75) is 59.8 Å². The monoisotopic (exact) mass is 350 g/mol. The topological polar surface area (TPSA) is 9.23 Å². The Morgan fingerprint density at radius 2 is 1.92 bits per heavy atom. The highest BCUT2D eigenvalue weighted by molar-refractivity contribution is 5.51. The van der Waals surface area contributed by atoms with Crippen molar-refractivity contribution in [2.75, 3.05) is 6.61 Å². The van der Waals surface area contributed by atoms with Crippen LogP contribution in [-0.4, -0.2) is 6.61 Å². The molecular weight excluding hydrogens is 316 g/mol. The highest BCUT2D eigenvalue weighted by atomic mass is 16.5. The molecule has 0 bridgehead atoms. The van der Waals surface area contributed by atoms with Gasteiger partial charge in [0, 0.05) is 0 Å². The van der Waals surface area contributed by atoms with Crippen LogP contribution >= 0.6 is 0 Å². The van der Waals surface area contributed by atoms with E-state index in [1.807, 2.05) is 6.07 Å². The van der Waals surface area contributed by atoms with Gasteiger partial charge >= 0.3 is 0 Å². The van der Waals surface area contributed by atoms with Gasteiger partial charge in [0.15, 0.2) is 0 Å². The van der Waals surface area contributed by atoms with Crippen LogP contribution in [0.15, 0.2) is 48.5 Å². The van der Waals surface area contributed by atoms with Crippen LogP contribution in [0.2, 0.25) is 0 Å². The number of hydrogen-bond acceptors (Lipinski definition) is 1. The Morgan fingerprint density at radius 3 is 2.65 bits per heavy atom. The van der Waals surface area contributed by atoms with E-state index in [1.54, 1.807) is 0 Å². The van der Waals surface area contributed by atoms with E-state index in [9.17, 15) is 0 Å². The molecule has 140 valence electrons. The van der Waals surface area contributed by atoms with E-state index in [-0.39, 0.29) is 0 Å². The molecule has 0 unspecified atom stereocenters. The minimum Gasteiger partial charge on any atom is -0.494 e. The van der Waals surface area contributed by atoms with Crippen LogP contribution in [-0.2, 0) is 12.8 Å². The van der Waals surface area contributed by atoms with Crippen molar-refractivity contribution in [3.8, 4) is 5.75 Å². The minimum absolute atomic E-state index is 0.713. The summed E-state index contributed by atoms with van der Waals surface area (Å²) in [4.78, 5) is 0. The third kappa shape index (κ3) is 7.07. The van der Waals surface area contributed by atoms with Crippen LogP contribution in [0.4, 0.5) is 0 Å². The zero-order valence-corrected chi connectivity index (χ0v) is 16.9. The van der Waals surface area contributed by atoms with Crippen LogP contribution in [0.25, 0.3) is 6.08 Å². The van der Waals surface area contributed by atoms with Gasteiger partial charge < -0.3 is 4.74 Å². The predicted molar refractivity (Wildman–Crippen MR) is 114 cm³/mol. The second-order valence-corrected chi connectivity index (χ2v) is 7.57. The smallest absolute Gasteiger partial charge is 0.119 e. The van der Waals surface area contributed by atoms with Gasteiger partial charge in [-0.25, -0.2) is 0 Å². The largest absolute Gasteiger partial charge is 0.494 e. The maximum Gasteiger partial charge on any atom is 0.119 e. The summed E-state index contributed by atoms with van der Waals surface area (Å²) in [6.07, 6.45) is 10.1. The Kier molecular flexibility index (Phi) is 8.47. The number of benzene rings is 2. The van der Waals surface area contributed by atoms with Crippen LogP contribution in [0.3, 0.4) is 0 Å². The van der Waals surface area contributed by atoms with Gasteiger partial charge in [-0.2, -0.15) is 0 Å². The lowest BCUT2D eigenvalue weighted by atomic mass is 9.96. The molecule has 0 aromatic heterocycles. The van der Waals surface area contributed by atoms with Gasteiger partial charge in [-0.05, 0) is 72.9 Å². The van der Waals surface area contributed by atoms with Crippen molar-refractivity contribution in [1.82, 2.24) is 0 Å². The molecule has 0 atom stereocenters. The average Bonchev–Trinajstić information content (AvgIpc) is 2.60. The molecule has 2 aromatic carbocycles. The summed E-state index contributed by atoms with van der Waals surface area (Å²) in [5.41, 5.74) is 5.54. The second-order valence-electron chi connectivity index (χ2n) is 7.57. The number of allylic oxidation sites excluding steroid dienone is 1. The molecule has 0 saturated heterocycles. The molecule has 0 aliphatic carbocycles. The summed E-state index contributed by atoms with van der Waals surface area (Å²) in [6, 6.07) is 15.3. The number of unbranched alkanes of at least 4 members (excludes halogenated alkanes) is 1. The predicted octanol–water partition coefficient (Wildman–Crippen LogP) is 7.02. The molecule has 26 heavy (non-hydrogen) atoms. The first-order chi connectivity index (χ1) is 12.6. The van der Waals surface area contributed by atoms with Gasteiger partial charge in [-0.15, -0.1) is 0 Å². The molecule has 0 radical (unpaired) electrons. The summed E-state index contributed by atoms with van der Waals surface area (Å²) in [5.74, 6) is 1.68. The van der Waals surface area contributed by atoms with E-state index in [0.717, 1.165) is 44.5 Å². The summed E-state index contributed by atoms with van der Waals surface area (Å²) < 4.78 is 5.78. The molecule has 2 aromatic rings. The van der Waals surface area contributed by atoms with Crippen molar-refractivity contribution < 1.29 is 4.74 Å². The lowest BCUT2D eigenvalue weighted by molar-refractivity contribution is 0.309. The Balaban J connectivity index is 1.86. The Labute approximate surface area is 160 Å². The summed E-state index contributed by atoms with van der Waals surface area (Å²) >= 11 is 0. The van der Waals surface area contributed by atoms with Gasteiger partial charge in [0.2, 0.25) is 0 Å². The van der Waals surface area contributed by atoms with Gasteiger partial charge in [0.1, 0.15) is 5.75 Å². The van der Waals surface area contributed by atoms with Crippen molar-refractivity contribution in [3.63, 3.8) is 0 Å². The first-order valence-corrected chi connectivity index (χ1v) is 10.1. The molecule has 0 N–H and O–H groups in total. The molecule has 0 heterocycles. The molecule has 0 fully saturated rings. The SMILES string of the molecule is CCCCOc1cccc(C=CCCc2ccc(CC(C)C)cc2C)c1. The summed E-state index contributed by atoms with van der Waals surface area (Å²) in [6.45, 7) is 9.77. The lowest BCUT2D eigenvalue weighted by Crippen LogP contribution is -1.97. The Hall–Kier alpha value is -2.02. The molecule has 0 amide bonds. The zero-order chi connectivity index (χ0) is 18.8. The van der Waals surface area contributed by atoms with Gasteiger partial charge in [0.25, 0.3) is 0 Å². The summed E-state index contributed by atoms with van der Waals surface area (Å²) in [7, 11) is 0. The lowest BCUT2D eigenvalue weighted by Gasteiger charge is -2.09.